The minimum Gasteiger partial charge on any atom is -0.392 e. The maximum Gasteiger partial charge on any atom is 0.148 e. The lowest BCUT2D eigenvalue weighted by Gasteiger charge is -2.00. The first-order valence-electron chi connectivity index (χ1n) is 7.50. The third-order valence-corrected chi connectivity index (χ3v) is 3.68. The monoisotopic (exact) mass is 283 g/mol. The molecule has 4 heteroatoms. The standard InChI is InChI=1S/C17H21N3O/c21-12-14-6-3-5-13(10-14)4-1-2-9-18-17-11-16(19-20-17)15-7-8-15/h1,3-6,10-11,15,21H,2,7-9,12H2,(H2,18,19,20). The number of benzene rings is 1. The van der Waals surface area contributed by atoms with Gasteiger partial charge in [0.15, 0.2) is 0 Å². The molecule has 0 amide bonds. The molecule has 1 heterocycles. The van der Waals surface area contributed by atoms with Crippen molar-refractivity contribution in [2.75, 3.05) is 11.9 Å². The molecular formula is C17H21N3O. The molecule has 2 aromatic rings. The van der Waals surface area contributed by atoms with Gasteiger partial charge in [-0.1, -0.05) is 30.4 Å². The highest BCUT2D eigenvalue weighted by atomic mass is 16.3. The number of aliphatic hydroxyl groups excluding tert-OH is 1. The number of H-pyrrole nitrogens is 1. The van der Waals surface area contributed by atoms with Crippen LogP contribution in [0.1, 0.15) is 42.0 Å². The van der Waals surface area contributed by atoms with Crippen molar-refractivity contribution >= 4 is 11.9 Å². The van der Waals surface area contributed by atoms with E-state index in [0.717, 1.165) is 29.9 Å². The van der Waals surface area contributed by atoms with Gasteiger partial charge >= 0.3 is 0 Å². The first-order chi connectivity index (χ1) is 10.3. The Morgan fingerprint density at radius 1 is 1.33 bits per heavy atom. The van der Waals surface area contributed by atoms with E-state index in [9.17, 15) is 0 Å². The van der Waals surface area contributed by atoms with Crippen LogP contribution in [0, 0.1) is 0 Å². The highest BCUT2D eigenvalue weighted by Crippen LogP contribution is 2.39. The van der Waals surface area contributed by atoms with Crippen LogP contribution in [0.5, 0.6) is 0 Å². The Morgan fingerprint density at radius 2 is 2.24 bits per heavy atom. The van der Waals surface area contributed by atoms with Crippen molar-refractivity contribution in [1.82, 2.24) is 10.2 Å². The third kappa shape index (κ3) is 3.95. The minimum atomic E-state index is 0.0890. The zero-order chi connectivity index (χ0) is 14.5. The second kappa shape index (κ2) is 6.59. The van der Waals surface area contributed by atoms with Crippen molar-refractivity contribution in [3.8, 4) is 0 Å². The van der Waals surface area contributed by atoms with Crippen molar-refractivity contribution in [3.63, 3.8) is 0 Å². The smallest absolute Gasteiger partial charge is 0.148 e. The Kier molecular flexibility index (Phi) is 4.36. The van der Waals surface area contributed by atoms with E-state index in [-0.39, 0.29) is 6.61 Å². The lowest BCUT2D eigenvalue weighted by atomic mass is 10.1. The maximum absolute atomic E-state index is 9.10. The molecular weight excluding hydrogens is 262 g/mol. The summed E-state index contributed by atoms with van der Waals surface area (Å²) in [7, 11) is 0. The number of rotatable bonds is 7. The van der Waals surface area contributed by atoms with Crippen molar-refractivity contribution in [2.45, 2.75) is 31.8 Å². The van der Waals surface area contributed by atoms with Gasteiger partial charge in [-0.2, -0.15) is 5.10 Å². The van der Waals surface area contributed by atoms with Crippen LogP contribution in [0.3, 0.4) is 0 Å². The molecule has 0 bridgehead atoms. The second-order valence-electron chi connectivity index (χ2n) is 5.50. The summed E-state index contributed by atoms with van der Waals surface area (Å²) in [4.78, 5) is 0. The highest BCUT2D eigenvalue weighted by Gasteiger charge is 2.25. The van der Waals surface area contributed by atoms with Crippen molar-refractivity contribution < 1.29 is 5.11 Å². The maximum atomic E-state index is 9.10. The van der Waals surface area contributed by atoms with E-state index in [2.05, 4.69) is 33.7 Å². The minimum absolute atomic E-state index is 0.0890. The fraction of sp³-hybridized carbons (Fsp3) is 0.353. The molecule has 4 nitrogen and oxygen atoms in total. The van der Waals surface area contributed by atoms with Crippen molar-refractivity contribution in [1.29, 1.82) is 0 Å². The van der Waals surface area contributed by atoms with Gasteiger partial charge < -0.3 is 10.4 Å². The Bertz CT molecular complexity index is 614. The van der Waals surface area contributed by atoms with Crippen molar-refractivity contribution in [3.05, 3.63) is 53.2 Å². The number of hydrogen-bond acceptors (Lipinski definition) is 3. The van der Waals surface area contributed by atoms with Crippen LogP contribution in [0.15, 0.2) is 36.4 Å². The summed E-state index contributed by atoms with van der Waals surface area (Å²) < 4.78 is 0. The summed E-state index contributed by atoms with van der Waals surface area (Å²) >= 11 is 0. The molecule has 0 atom stereocenters. The first-order valence-corrected chi connectivity index (χ1v) is 7.50. The number of anilines is 1. The predicted molar refractivity (Wildman–Crippen MR) is 85.1 cm³/mol. The molecule has 21 heavy (non-hydrogen) atoms. The van der Waals surface area contributed by atoms with Gasteiger partial charge in [0.1, 0.15) is 5.82 Å². The van der Waals surface area contributed by atoms with Crippen LogP contribution < -0.4 is 5.32 Å². The number of nitrogens with zero attached hydrogens (tertiary/aromatic N) is 1. The topological polar surface area (TPSA) is 60.9 Å². The van der Waals surface area contributed by atoms with E-state index < -0.39 is 0 Å². The summed E-state index contributed by atoms with van der Waals surface area (Å²) in [5, 5.41) is 19.8. The SMILES string of the molecule is OCc1cccc(C=CCCNc2cc(C3CC3)[nH]n2)c1. The molecule has 1 aromatic carbocycles. The Hall–Kier alpha value is -2.07. The first kappa shape index (κ1) is 13.9. The fourth-order valence-corrected chi connectivity index (χ4v) is 2.33. The fourth-order valence-electron chi connectivity index (χ4n) is 2.33. The molecule has 1 fully saturated rings. The molecule has 1 aliphatic carbocycles. The molecule has 110 valence electrons. The quantitative estimate of drug-likeness (QED) is 0.683. The summed E-state index contributed by atoms with van der Waals surface area (Å²) in [5.41, 5.74) is 3.32. The summed E-state index contributed by atoms with van der Waals surface area (Å²) in [6, 6.07) is 10.0. The van der Waals surface area contributed by atoms with Crippen LogP contribution in [-0.4, -0.2) is 21.8 Å². The van der Waals surface area contributed by atoms with Gasteiger partial charge in [-0.15, -0.1) is 0 Å². The Morgan fingerprint density at radius 3 is 3.05 bits per heavy atom. The van der Waals surface area contributed by atoms with Gasteiger partial charge in [-0.25, -0.2) is 0 Å². The van der Waals surface area contributed by atoms with Gasteiger partial charge in [-0.05, 0) is 36.5 Å². The number of hydrogen-bond donors (Lipinski definition) is 3. The van der Waals surface area contributed by atoms with E-state index >= 15 is 0 Å². The molecule has 3 N–H and O–H groups in total. The molecule has 1 aromatic heterocycles. The zero-order valence-electron chi connectivity index (χ0n) is 12.0. The summed E-state index contributed by atoms with van der Waals surface area (Å²) in [6.45, 7) is 0.955. The molecule has 0 spiro atoms. The predicted octanol–water partition coefficient (Wildman–Crippen LogP) is 3.29. The molecule has 3 rings (SSSR count). The lowest BCUT2D eigenvalue weighted by Crippen LogP contribution is -2.00. The molecule has 1 aliphatic rings. The van der Waals surface area contributed by atoms with Gasteiger partial charge in [0.05, 0.1) is 6.61 Å². The van der Waals surface area contributed by atoms with Crippen molar-refractivity contribution in [2.24, 2.45) is 0 Å². The van der Waals surface area contributed by atoms with Crippen LogP contribution in [0.2, 0.25) is 0 Å². The number of nitrogens with one attached hydrogen (secondary N) is 2. The van der Waals surface area contributed by atoms with E-state index in [0.29, 0.717) is 5.92 Å². The number of aromatic nitrogens is 2. The van der Waals surface area contributed by atoms with E-state index in [4.69, 9.17) is 5.11 Å². The van der Waals surface area contributed by atoms with E-state index in [1.54, 1.807) is 0 Å². The van der Waals surface area contributed by atoms with Gasteiger partial charge in [0, 0.05) is 24.2 Å². The van der Waals surface area contributed by atoms with Crippen LogP contribution in [0.25, 0.3) is 6.08 Å². The average Bonchev–Trinajstić information content (AvgIpc) is 3.27. The Labute approximate surface area is 124 Å². The number of aliphatic hydroxyl groups is 1. The summed E-state index contributed by atoms with van der Waals surface area (Å²) in [6.07, 6.45) is 7.74. The van der Waals surface area contributed by atoms with Gasteiger partial charge in [0.25, 0.3) is 0 Å². The molecule has 0 aliphatic heterocycles. The molecule has 0 unspecified atom stereocenters. The van der Waals surface area contributed by atoms with Crippen LogP contribution in [-0.2, 0) is 6.61 Å². The van der Waals surface area contributed by atoms with E-state index in [1.165, 1.54) is 18.5 Å². The second-order valence-corrected chi connectivity index (χ2v) is 5.50. The van der Waals surface area contributed by atoms with Gasteiger partial charge in [0.2, 0.25) is 0 Å². The largest absolute Gasteiger partial charge is 0.392 e. The summed E-state index contributed by atoms with van der Waals surface area (Å²) in [5.74, 6) is 1.65. The van der Waals surface area contributed by atoms with Gasteiger partial charge in [-0.3, -0.25) is 5.10 Å². The molecule has 1 saturated carbocycles. The molecule has 0 saturated heterocycles. The van der Waals surface area contributed by atoms with E-state index in [1.807, 2.05) is 24.3 Å². The zero-order valence-corrected chi connectivity index (χ0v) is 12.0. The normalized spacial score (nSPS) is 14.7. The van der Waals surface area contributed by atoms with Crippen LogP contribution >= 0.6 is 0 Å². The number of aromatic amines is 1. The Balaban J connectivity index is 1.43. The van der Waals surface area contributed by atoms with Crippen LogP contribution in [0.4, 0.5) is 5.82 Å². The lowest BCUT2D eigenvalue weighted by molar-refractivity contribution is 0.282. The highest BCUT2D eigenvalue weighted by molar-refractivity contribution is 5.50. The average molecular weight is 283 g/mol. The third-order valence-electron chi connectivity index (χ3n) is 3.68. The molecule has 0 radical (unpaired) electrons.